The first-order valence-corrected chi connectivity index (χ1v) is 29.8. The van der Waals surface area contributed by atoms with Crippen molar-refractivity contribution in [3.05, 3.63) is 0 Å². The van der Waals surface area contributed by atoms with E-state index in [0.29, 0.717) is 11.8 Å². The first-order chi connectivity index (χ1) is 30.3. The van der Waals surface area contributed by atoms with Crippen molar-refractivity contribution >= 4 is 19.7 Å². The van der Waals surface area contributed by atoms with Crippen LogP contribution in [0.15, 0.2) is 0 Å². The molecule has 7 saturated heterocycles. The van der Waals surface area contributed by atoms with Crippen molar-refractivity contribution in [2.75, 3.05) is 65.4 Å². The Kier molecular flexibility index (Phi) is 13.2. The lowest BCUT2D eigenvalue weighted by Crippen LogP contribution is -2.62. The Morgan fingerprint density at radius 2 is 0.597 bits per heavy atom. The number of piperidine rings is 4. The van der Waals surface area contributed by atoms with Crippen molar-refractivity contribution in [2.24, 2.45) is 47.3 Å². The minimum absolute atomic E-state index is 0.189. The summed E-state index contributed by atoms with van der Waals surface area (Å²) in [5.74, 6) is 5.98. The Morgan fingerprint density at radius 1 is 0.323 bits per heavy atom. The molecule has 7 aliphatic heterocycles. The Bertz CT molecular complexity index is 1560. The molecule has 4 aliphatic carbocycles. The van der Waals surface area contributed by atoms with Gasteiger partial charge < -0.3 is 21.3 Å². The van der Waals surface area contributed by atoms with Crippen LogP contribution in [0.4, 0.5) is 0 Å². The number of nitrogens with zero attached hydrogens (tertiary/aromatic N) is 2. The summed E-state index contributed by atoms with van der Waals surface area (Å²) < 4.78 is 56.1. The van der Waals surface area contributed by atoms with Crippen LogP contribution in [0.1, 0.15) is 128 Å². The summed E-state index contributed by atoms with van der Waals surface area (Å²) in [5.41, 5.74) is 0. The van der Waals surface area contributed by atoms with Crippen LogP contribution in [0, 0.1) is 47.3 Å². The summed E-state index contributed by atoms with van der Waals surface area (Å²) in [5, 5.41) is 19.4. The average Bonchev–Trinajstić information content (AvgIpc) is 3.85. The Hall–Kier alpha value is -0.420. The second-order valence-corrected chi connectivity index (χ2v) is 27.8. The zero-order valence-corrected chi connectivity index (χ0v) is 39.6. The molecule has 4 saturated carbocycles. The SMILES string of the molecule is O=S(=O)(C1CCC(C2CCC(N3C4CCNCC4C4CNCCC43)CC2)CC1)C1CNC(S(=O)(=O)C2CCC(C3CCC(N4C5CCNCC5C5CNCCC54)CC3)CC2)CN1. The molecule has 0 radical (unpaired) electrons. The van der Waals surface area contributed by atoms with Gasteiger partial charge in [0, 0.05) is 49.3 Å². The molecule has 11 fully saturated rings. The molecule has 7 heterocycles. The molecule has 11 rings (SSSR count). The van der Waals surface area contributed by atoms with Gasteiger partial charge in [0.15, 0.2) is 19.7 Å². The lowest BCUT2D eigenvalue weighted by molar-refractivity contribution is 0.0480. The topological polar surface area (TPSA) is 147 Å². The third kappa shape index (κ3) is 8.23. The fraction of sp³-hybridized carbons (Fsp3) is 1.00. The molecule has 0 aromatic heterocycles. The van der Waals surface area contributed by atoms with Crippen LogP contribution < -0.4 is 31.9 Å². The third-order valence-electron chi connectivity index (χ3n) is 20.5. The van der Waals surface area contributed by atoms with Crippen molar-refractivity contribution in [3.8, 4) is 0 Å². The molecule has 12 nitrogen and oxygen atoms in total. The van der Waals surface area contributed by atoms with E-state index in [9.17, 15) is 16.8 Å². The van der Waals surface area contributed by atoms with Crippen molar-refractivity contribution in [1.82, 2.24) is 41.7 Å². The van der Waals surface area contributed by atoms with Crippen LogP contribution in [-0.4, -0.2) is 150 Å². The molecule has 0 spiro atoms. The Morgan fingerprint density at radius 3 is 0.871 bits per heavy atom. The van der Waals surface area contributed by atoms with Gasteiger partial charge in [0.1, 0.15) is 10.7 Å². The van der Waals surface area contributed by atoms with E-state index in [1.165, 1.54) is 103 Å². The van der Waals surface area contributed by atoms with E-state index in [1.807, 2.05) is 0 Å². The Balaban J connectivity index is 0.613. The molecular formula is C48H84N8O4S2. The maximum atomic E-state index is 14.0. The number of hydrogen-bond donors (Lipinski definition) is 6. The number of hydrogen-bond acceptors (Lipinski definition) is 12. The number of rotatable bonds is 8. The van der Waals surface area contributed by atoms with Crippen molar-refractivity contribution in [3.63, 3.8) is 0 Å². The lowest BCUT2D eigenvalue weighted by Gasteiger charge is -2.45. The summed E-state index contributed by atoms with van der Waals surface area (Å²) >= 11 is 0. The number of piperazine rings is 1. The van der Waals surface area contributed by atoms with Crippen LogP contribution in [0.25, 0.3) is 0 Å². The number of sulfone groups is 2. The minimum Gasteiger partial charge on any atom is -0.316 e. The molecular weight excluding hydrogens is 817 g/mol. The van der Waals surface area contributed by atoms with E-state index in [-0.39, 0.29) is 23.6 Å². The van der Waals surface area contributed by atoms with Gasteiger partial charge in [-0.1, -0.05) is 0 Å². The van der Waals surface area contributed by atoms with Crippen molar-refractivity contribution in [2.45, 2.75) is 186 Å². The normalized spacial score (nSPS) is 48.7. The van der Waals surface area contributed by atoms with Crippen molar-refractivity contribution in [1.29, 1.82) is 0 Å². The van der Waals surface area contributed by atoms with E-state index in [2.05, 4.69) is 41.7 Å². The van der Waals surface area contributed by atoms with Gasteiger partial charge in [-0.2, -0.15) is 0 Å². The predicted octanol–water partition coefficient (Wildman–Crippen LogP) is 3.44. The highest BCUT2D eigenvalue weighted by Crippen LogP contribution is 2.49. The van der Waals surface area contributed by atoms with Crippen LogP contribution in [-0.2, 0) is 19.7 Å². The van der Waals surface area contributed by atoms with Crippen molar-refractivity contribution < 1.29 is 16.8 Å². The van der Waals surface area contributed by atoms with Crippen LogP contribution in [0.5, 0.6) is 0 Å². The van der Waals surface area contributed by atoms with E-state index < -0.39 is 30.4 Å². The molecule has 0 bridgehead atoms. The zero-order valence-electron chi connectivity index (χ0n) is 37.9. The average molecular weight is 901 g/mol. The Labute approximate surface area is 375 Å². The molecule has 62 heavy (non-hydrogen) atoms. The van der Waals surface area contributed by atoms with Gasteiger partial charge in [0.05, 0.1) is 10.5 Å². The minimum atomic E-state index is -3.41. The highest BCUT2D eigenvalue weighted by molar-refractivity contribution is 7.93. The number of nitrogens with one attached hydrogen (secondary N) is 6. The highest BCUT2D eigenvalue weighted by Gasteiger charge is 2.54. The molecule has 0 aromatic carbocycles. The fourth-order valence-corrected chi connectivity index (χ4v) is 21.4. The van der Waals surface area contributed by atoms with Gasteiger partial charge in [-0.25, -0.2) is 16.8 Å². The summed E-state index contributed by atoms with van der Waals surface area (Å²) in [4.78, 5) is 6.07. The molecule has 10 atom stereocenters. The molecule has 10 unspecified atom stereocenters. The van der Waals surface area contributed by atoms with E-state index in [4.69, 9.17) is 0 Å². The lowest BCUT2D eigenvalue weighted by atomic mass is 9.72. The summed E-state index contributed by atoms with van der Waals surface area (Å²) in [6.07, 6.45) is 22.8. The smallest absolute Gasteiger partial charge is 0.170 e. The van der Waals surface area contributed by atoms with Gasteiger partial charge in [-0.3, -0.25) is 20.4 Å². The second-order valence-electron chi connectivity index (χ2n) is 23.0. The molecule has 352 valence electrons. The first kappa shape index (κ1) is 44.1. The predicted molar refractivity (Wildman–Crippen MR) is 247 cm³/mol. The van der Waals surface area contributed by atoms with Crippen LogP contribution in [0.3, 0.4) is 0 Å². The monoisotopic (exact) mass is 901 g/mol. The fourth-order valence-electron chi connectivity index (χ4n) is 17.3. The molecule has 0 aromatic rings. The van der Waals surface area contributed by atoms with Gasteiger partial charge in [0.25, 0.3) is 0 Å². The van der Waals surface area contributed by atoms with E-state index >= 15 is 0 Å². The highest BCUT2D eigenvalue weighted by atomic mass is 32.2. The molecule has 0 amide bonds. The number of likely N-dealkylation sites (tertiary alicyclic amines) is 2. The quantitative estimate of drug-likeness (QED) is 0.212. The second kappa shape index (κ2) is 18.6. The van der Waals surface area contributed by atoms with Gasteiger partial charge in [-0.15, -0.1) is 0 Å². The van der Waals surface area contributed by atoms with E-state index in [0.717, 1.165) is 149 Å². The third-order valence-corrected chi connectivity index (χ3v) is 25.5. The molecule has 14 heteroatoms. The maximum absolute atomic E-state index is 14.0. The van der Waals surface area contributed by atoms with Crippen LogP contribution >= 0.6 is 0 Å². The molecule has 6 N–H and O–H groups in total. The summed E-state index contributed by atoms with van der Waals surface area (Å²) in [7, 11) is -6.82. The summed E-state index contributed by atoms with van der Waals surface area (Å²) in [6, 6.07) is 4.51. The molecule has 11 aliphatic rings. The van der Waals surface area contributed by atoms with Crippen LogP contribution in [0.2, 0.25) is 0 Å². The summed E-state index contributed by atoms with van der Waals surface area (Å²) in [6.45, 7) is 9.80. The van der Waals surface area contributed by atoms with Gasteiger partial charge in [0.2, 0.25) is 0 Å². The standard InChI is InChI=1S/C48H84N8O4S2/c57-61(58,37-13-5-33(6-14-37)31-1-9-35(10-2-31)55-43-17-21-49-25-39(43)40-26-50-22-18-44(40)55)47-29-54-48(30-53-47)62(59,60)38-15-7-34(8-16-38)32-3-11-36(12-4-32)56-45-19-23-51-27-41(45)42-28-52-24-20-46(42)56/h31-54H,1-30H2. The zero-order chi connectivity index (χ0) is 42.0. The van der Waals surface area contributed by atoms with Gasteiger partial charge >= 0.3 is 0 Å². The maximum Gasteiger partial charge on any atom is 0.170 e. The largest absolute Gasteiger partial charge is 0.316 e. The number of fused-ring (bicyclic) bond motifs is 6. The van der Waals surface area contributed by atoms with Gasteiger partial charge in [-0.05, 0) is 228 Å². The van der Waals surface area contributed by atoms with E-state index in [1.54, 1.807) is 0 Å². The first-order valence-electron chi connectivity index (χ1n) is 26.6.